The number of allylic oxidation sites excluding steroid dienone is 3. The molecule has 2 N–H and O–H groups in total. The Kier molecular flexibility index (Phi) is 5.96. The molecule has 0 aliphatic heterocycles. The molecule has 1 heterocycles. The van der Waals surface area contributed by atoms with Crippen LogP contribution in [0.15, 0.2) is 78.5 Å². The Hall–Kier alpha value is -3.65. The smallest absolute Gasteiger partial charge is 0.269 e. The molecule has 32 heavy (non-hydrogen) atoms. The molecule has 1 aromatic heterocycles. The SMILES string of the molecule is CNC(=O)c1cc(Oc2ccc3c(NS(=O)(=O)C4C=CC(C)=CC4)cccc3c2)ccn1. The number of fused-ring (bicyclic) bond motifs is 1. The molecular weight excluding hydrogens is 426 g/mol. The van der Waals surface area contributed by atoms with Crippen molar-refractivity contribution in [2.75, 3.05) is 11.8 Å². The topological polar surface area (TPSA) is 97.4 Å². The number of sulfonamides is 1. The van der Waals surface area contributed by atoms with E-state index in [4.69, 9.17) is 4.74 Å². The van der Waals surface area contributed by atoms with E-state index in [1.165, 1.54) is 13.2 Å². The molecule has 1 unspecified atom stereocenters. The molecule has 0 bridgehead atoms. The van der Waals surface area contributed by atoms with Crippen LogP contribution < -0.4 is 14.8 Å². The fourth-order valence-corrected chi connectivity index (χ4v) is 4.71. The van der Waals surface area contributed by atoms with E-state index in [2.05, 4.69) is 15.0 Å². The van der Waals surface area contributed by atoms with Gasteiger partial charge in [0.15, 0.2) is 0 Å². The van der Waals surface area contributed by atoms with Gasteiger partial charge in [-0.1, -0.05) is 35.9 Å². The van der Waals surface area contributed by atoms with Gasteiger partial charge in [-0.2, -0.15) is 0 Å². The zero-order chi connectivity index (χ0) is 22.7. The summed E-state index contributed by atoms with van der Waals surface area (Å²) in [5, 5.41) is 3.50. The van der Waals surface area contributed by atoms with Crippen molar-refractivity contribution in [3.8, 4) is 11.5 Å². The van der Waals surface area contributed by atoms with E-state index in [9.17, 15) is 13.2 Å². The van der Waals surface area contributed by atoms with Gasteiger partial charge >= 0.3 is 0 Å². The van der Waals surface area contributed by atoms with Crippen LogP contribution in [0.1, 0.15) is 23.8 Å². The summed E-state index contributed by atoms with van der Waals surface area (Å²) >= 11 is 0. The normalized spacial score (nSPS) is 15.8. The lowest BCUT2D eigenvalue weighted by molar-refractivity contribution is 0.0958. The van der Waals surface area contributed by atoms with Gasteiger partial charge in [0.25, 0.3) is 5.91 Å². The Morgan fingerprint density at radius 1 is 1.12 bits per heavy atom. The lowest BCUT2D eigenvalue weighted by atomic mass is 10.1. The van der Waals surface area contributed by atoms with Crippen LogP contribution in [0.25, 0.3) is 10.8 Å². The fourth-order valence-electron chi connectivity index (χ4n) is 3.44. The first-order valence-electron chi connectivity index (χ1n) is 10.1. The van der Waals surface area contributed by atoms with Crippen LogP contribution in [0, 0.1) is 0 Å². The van der Waals surface area contributed by atoms with Crippen LogP contribution in [-0.2, 0) is 10.0 Å². The molecule has 0 radical (unpaired) electrons. The minimum atomic E-state index is -3.58. The van der Waals surface area contributed by atoms with Gasteiger partial charge in [-0.15, -0.1) is 0 Å². The van der Waals surface area contributed by atoms with Crippen LogP contribution in [-0.4, -0.2) is 31.6 Å². The van der Waals surface area contributed by atoms with Gasteiger partial charge in [0.2, 0.25) is 10.0 Å². The Bertz CT molecular complexity index is 1350. The molecule has 8 heteroatoms. The molecule has 2 aromatic carbocycles. The van der Waals surface area contributed by atoms with E-state index in [0.29, 0.717) is 23.6 Å². The molecular formula is C24H23N3O4S. The molecule has 0 spiro atoms. The third kappa shape index (κ3) is 4.65. The van der Waals surface area contributed by atoms with Crippen LogP contribution in [0.2, 0.25) is 0 Å². The van der Waals surface area contributed by atoms with Crippen molar-refractivity contribution >= 4 is 32.4 Å². The first-order chi connectivity index (χ1) is 15.4. The van der Waals surface area contributed by atoms with Crippen LogP contribution in [0.5, 0.6) is 11.5 Å². The largest absolute Gasteiger partial charge is 0.457 e. The van der Waals surface area contributed by atoms with Gasteiger partial charge in [0.1, 0.15) is 22.4 Å². The highest BCUT2D eigenvalue weighted by Gasteiger charge is 2.24. The summed E-state index contributed by atoms with van der Waals surface area (Å²) in [6, 6.07) is 14.0. The number of carbonyl (C=O) groups excluding carboxylic acids is 1. The van der Waals surface area contributed by atoms with E-state index in [-0.39, 0.29) is 11.6 Å². The summed E-state index contributed by atoms with van der Waals surface area (Å²) < 4.78 is 34.4. The molecule has 0 saturated heterocycles. The number of ether oxygens (including phenoxy) is 1. The second-order valence-electron chi connectivity index (χ2n) is 7.47. The third-order valence-corrected chi connectivity index (χ3v) is 6.83. The number of hydrogen-bond donors (Lipinski definition) is 2. The Morgan fingerprint density at radius 2 is 1.94 bits per heavy atom. The van der Waals surface area contributed by atoms with E-state index in [1.807, 2.05) is 37.3 Å². The zero-order valence-corrected chi connectivity index (χ0v) is 18.5. The van der Waals surface area contributed by atoms with Crippen LogP contribution in [0.4, 0.5) is 5.69 Å². The van der Waals surface area contributed by atoms with Gasteiger partial charge in [-0.25, -0.2) is 8.42 Å². The summed E-state index contributed by atoms with van der Waals surface area (Å²) in [7, 11) is -2.05. The number of anilines is 1. The van der Waals surface area contributed by atoms with Crippen molar-refractivity contribution in [3.05, 3.63) is 84.2 Å². The number of nitrogens with one attached hydrogen (secondary N) is 2. The minimum absolute atomic E-state index is 0.254. The molecule has 4 rings (SSSR count). The number of pyridine rings is 1. The number of benzene rings is 2. The predicted octanol–water partition coefficient (Wildman–Crippen LogP) is 4.40. The molecule has 164 valence electrons. The number of carbonyl (C=O) groups is 1. The predicted molar refractivity (Wildman–Crippen MR) is 125 cm³/mol. The van der Waals surface area contributed by atoms with E-state index in [1.54, 1.807) is 36.4 Å². The first-order valence-corrected chi connectivity index (χ1v) is 11.7. The average Bonchev–Trinajstić information content (AvgIpc) is 2.79. The van der Waals surface area contributed by atoms with Crippen molar-refractivity contribution in [1.82, 2.24) is 10.3 Å². The number of amides is 1. The highest BCUT2D eigenvalue weighted by Crippen LogP contribution is 2.31. The molecule has 1 aliphatic carbocycles. The standard InChI is InChI=1S/C24H23N3O4S/c1-16-6-9-20(10-7-16)32(29,30)27-22-5-3-4-17-14-18(8-11-21(17)22)31-19-12-13-26-23(15-19)24(28)25-2/h3-9,11-15,20,27H,10H2,1-2H3,(H,25,28). The lowest BCUT2D eigenvalue weighted by Gasteiger charge is -2.18. The fraction of sp³-hybridized carbons (Fsp3) is 0.167. The van der Waals surface area contributed by atoms with Crippen LogP contribution in [0.3, 0.4) is 0 Å². The third-order valence-electron chi connectivity index (χ3n) is 5.18. The Morgan fingerprint density at radius 3 is 2.69 bits per heavy atom. The highest BCUT2D eigenvalue weighted by atomic mass is 32.2. The van der Waals surface area contributed by atoms with Gasteiger partial charge in [0, 0.05) is 24.7 Å². The maximum atomic E-state index is 12.9. The quantitative estimate of drug-likeness (QED) is 0.581. The van der Waals surface area contributed by atoms with E-state index < -0.39 is 15.3 Å². The summed E-state index contributed by atoms with van der Waals surface area (Å²) in [5.74, 6) is 0.731. The van der Waals surface area contributed by atoms with E-state index >= 15 is 0 Å². The van der Waals surface area contributed by atoms with Crippen molar-refractivity contribution < 1.29 is 17.9 Å². The summed E-state index contributed by atoms with van der Waals surface area (Å²) in [6.45, 7) is 1.95. The lowest BCUT2D eigenvalue weighted by Crippen LogP contribution is -2.27. The summed E-state index contributed by atoms with van der Waals surface area (Å²) in [6.07, 6.45) is 7.42. The summed E-state index contributed by atoms with van der Waals surface area (Å²) in [5.41, 5.74) is 1.83. The molecule has 1 aliphatic rings. The zero-order valence-electron chi connectivity index (χ0n) is 17.7. The molecule has 0 fully saturated rings. The molecule has 7 nitrogen and oxygen atoms in total. The molecule has 1 amide bonds. The summed E-state index contributed by atoms with van der Waals surface area (Å²) in [4.78, 5) is 15.8. The monoisotopic (exact) mass is 449 g/mol. The average molecular weight is 450 g/mol. The number of aromatic nitrogens is 1. The Labute approximate surface area is 186 Å². The van der Waals surface area contributed by atoms with Gasteiger partial charge in [0.05, 0.1) is 5.69 Å². The van der Waals surface area contributed by atoms with Crippen LogP contribution >= 0.6 is 0 Å². The van der Waals surface area contributed by atoms with Gasteiger partial charge in [-0.3, -0.25) is 14.5 Å². The van der Waals surface area contributed by atoms with Crippen molar-refractivity contribution in [2.24, 2.45) is 0 Å². The van der Waals surface area contributed by atoms with Gasteiger partial charge < -0.3 is 10.1 Å². The van der Waals surface area contributed by atoms with Crippen molar-refractivity contribution in [1.29, 1.82) is 0 Å². The number of nitrogens with zero attached hydrogens (tertiary/aromatic N) is 1. The molecule has 0 saturated carbocycles. The molecule has 3 aromatic rings. The number of hydrogen-bond acceptors (Lipinski definition) is 5. The van der Waals surface area contributed by atoms with Crippen molar-refractivity contribution in [3.63, 3.8) is 0 Å². The second-order valence-corrected chi connectivity index (χ2v) is 9.37. The Balaban J connectivity index is 1.58. The first kappa shape index (κ1) is 21.6. The number of rotatable bonds is 6. The highest BCUT2D eigenvalue weighted by molar-refractivity contribution is 7.93. The second kappa shape index (κ2) is 8.84. The van der Waals surface area contributed by atoms with E-state index in [0.717, 1.165) is 16.3 Å². The molecule has 1 atom stereocenters. The van der Waals surface area contributed by atoms with Crippen molar-refractivity contribution in [2.45, 2.75) is 18.6 Å². The maximum Gasteiger partial charge on any atom is 0.269 e. The maximum absolute atomic E-state index is 12.9. The minimum Gasteiger partial charge on any atom is -0.457 e. The van der Waals surface area contributed by atoms with Gasteiger partial charge in [-0.05, 0) is 49.1 Å².